The lowest BCUT2D eigenvalue weighted by Crippen LogP contribution is -2.50. The first-order valence-electron chi connectivity index (χ1n) is 6.69. The fourth-order valence-electron chi connectivity index (χ4n) is 2.08. The van der Waals surface area contributed by atoms with Crippen LogP contribution in [0.4, 0.5) is 0 Å². The summed E-state index contributed by atoms with van der Waals surface area (Å²) in [4.78, 5) is 6.70. The first-order valence-corrected chi connectivity index (χ1v) is 6.69. The smallest absolute Gasteiger partial charge is 0.208 e. The molecule has 0 aromatic carbocycles. The Kier molecular flexibility index (Phi) is 6.96. The van der Waals surface area contributed by atoms with E-state index in [1.165, 1.54) is 0 Å². The van der Waals surface area contributed by atoms with E-state index < -0.39 is 0 Å². The summed E-state index contributed by atoms with van der Waals surface area (Å²) < 4.78 is 5.67. The number of hydrazine groups is 1. The number of piperidine rings is 1. The van der Waals surface area contributed by atoms with Crippen molar-refractivity contribution in [3.63, 3.8) is 0 Å². The van der Waals surface area contributed by atoms with Gasteiger partial charge in [-0.25, -0.2) is 5.84 Å². The average molecular weight is 242 g/mol. The predicted octanol–water partition coefficient (Wildman–Crippen LogP) is 1.11. The maximum atomic E-state index is 5.67. The van der Waals surface area contributed by atoms with Gasteiger partial charge in [0.05, 0.1) is 6.10 Å². The van der Waals surface area contributed by atoms with Crippen LogP contribution in [0.1, 0.15) is 39.5 Å². The molecular weight excluding hydrogens is 216 g/mol. The molecule has 1 unspecified atom stereocenters. The number of hydrogen-bond donors (Lipinski definition) is 2. The summed E-state index contributed by atoms with van der Waals surface area (Å²) in [7, 11) is 0. The van der Waals surface area contributed by atoms with Crippen LogP contribution in [0.15, 0.2) is 4.99 Å². The number of unbranched alkanes of at least 4 members (excludes halogenated alkanes) is 1. The van der Waals surface area contributed by atoms with Gasteiger partial charge >= 0.3 is 0 Å². The van der Waals surface area contributed by atoms with Crippen LogP contribution in [0, 0.1) is 0 Å². The SMILES string of the molecule is CCCCN=C(NN)N1CCCC(OCC)C1. The Balaban J connectivity index is 2.47. The van der Waals surface area contributed by atoms with E-state index in [1.807, 2.05) is 6.92 Å². The van der Waals surface area contributed by atoms with Crippen LogP contribution in [0.5, 0.6) is 0 Å². The fraction of sp³-hybridized carbons (Fsp3) is 0.917. The van der Waals surface area contributed by atoms with Gasteiger partial charge in [0.1, 0.15) is 0 Å². The topological polar surface area (TPSA) is 62.9 Å². The molecule has 0 bridgehead atoms. The molecule has 3 N–H and O–H groups in total. The molecule has 1 fully saturated rings. The van der Waals surface area contributed by atoms with Gasteiger partial charge in [0.25, 0.3) is 0 Å². The maximum Gasteiger partial charge on any atom is 0.208 e. The van der Waals surface area contributed by atoms with Crippen LogP contribution in [0.25, 0.3) is 0 Å². The van der Waals surface area contributed by atoms with Crippen LogP contribution >= 0.6 is 0 Å². The van der Waals surface area contributed by atoms with Crippen molar-refractivity contribution in [2.45, 2.75) is 45.6 Å². The Hall–Kier alpha value is -0.810. The molecule has 1 rings (SSSR count). The first-order chi connectivity index (χ1) is 8.31. The van der Waals surface area contributed by atoms with E-state index >= 15 is 0 Å². The number of likely N-dealkylation sites (tertiary alicyclic amines) is 1. The highest BCUT2D eigenvalue weighted by Crippen LogP contribution is 2.13. The third kappa shape index (κ3) is 4.91. The maximum absolute atomic E-state index is 5.67. The van der Waals surface area contributed by atoms with E-state index in [1.54, 1.807) is 0 Å². The molecule has 0 saturated carbocycles. The lowest BCUT2D eigenvalue weighted by molar-refractivity contribution is 0.0227. The molecule has 0 aromatic rings. The minimum absolute atomic E-state index is 0.318. The first kappa shape index (κ1) is 14.3. The zero-order chi connectivity index (χ0) is 12.5. The minimum Gasteiger partial charge on any atom is -0.377 e. The Labute approximate surface area is 104 Å². The zero-order valence-corrected chi connectivity index (χ0v) is 11.1. The van der Waals surface area contributed by atoms with Gasteiger partial charge in [0, 0.05) is 26.2 Å². The Morgan fingerprint density at radius 1 is 1.53 bits per heavy atom. The van der Waals surface area contributed by atoms with Gasteiger partial charge in [-0.15, -0.1) is 0 Å². The van der Waals surface area contributed by atoms with Gasteiger partial charge in [0.15, 0.2) is 0 Å². The van der Waals surface area contributed by atoms with E-state index in [4.69, 9.17) is 10.6 Å². The summed E-state index contributed by atoms with van der Waals surface area (Å²) in [5.74, 6) is 6.35. The van der Waals surface area contributed by atoms with Gasteiger partial charge in [-0.3, -0.25) is 10.4 Å². The van der Waals surface area contributed by atoms with Crippen molar-refractivity contribution in [1.29, 1.82) is 0 Å². The van der Waals surface area contributed by atoms with Gasteiger partial charge < -0.3 is 9.64 Å². The second-order valence-corrected chi connectivity index (χ2v) is 4.37. The van der Waals surface area contributed by atoms with Crippen LogP contribution in [0.3, 0.4) is 0 Å². The molecule has 0 spiro atoms. The molecule has 1 heterocycles. The summed E-state index contributed by atoms with van der Waals surface area (Å²) in [5.41, 5.74) is 2.71. The lowest BCUT2D eigenvalue weighted by atomic mass is 10.1. The number of nitrogens with zero attached hydrogens (tertiary/aromatic N) is 2. The van der Waals surface area contributed by atoms with E-state index in [0.717, 1.165) is 57.9 Å². The molecule has 5 heteroatoms. The number of nitrogens with two attached hydrogens (primary N) is 1. The Morgan fingerprint density at radius 3 is 3.00 bits per heavy atom. The molecule has 100 valence electrons. The van der Waals surface area contributed by atoms with Crippen molar-refractivity contribution in [2.24, 2.45) is 10.8 Å². The monoisotopic (exact) mass is 242 g/mol. The molecule has 5 nitrogen and oxygen atoms in total. The molecular formula is C12H26N4O. The van der Waals surface area contributed by atoms with E-state index in [0.29, 0.717) is 6.10 Å². The van der Waals surface area contributed by atoms with Gasteiger partial charge in [0.2, 0.25) is 5.96 Å². The van der Waals surface area contributed by atoms with E-state index in [-0.39, 0.29) is 0 Å². The summed E-state index contributed by atoms with van der Waals surface area (Å²) >= 11 is 0. The quantitative estimate of drug-likeness (QED) is 0.249. The Bertz CT molecular complexity index is 231. The fourth-order valence-corrected chi connectivity index (χ4v) is 2.08. The second kappa shape index (κ2) is 8.31. The number of ether oxygens (including phenoxy) is 1. The number of aliphatic imine (C=N–C) groups is 1. The lowest BCUT2D eigenvalue weighted by Gasteiger charge is -2.34. The van der Waals surface area contributed by atoms with Gasteiger partial charge in [-0.2, -0.15) is 0 Å². The molecule has 1 aliphatic rings. The third-order valence-corrected chi connectivity index (χ3v) is 2.98. The van der Waals surface area contributed by atoms with Crippen LogP contribution in [-0.4, -0.2) is 43.2 Å². The largest absolute Gasteiger partial charge is 0.377 e. The molecule has 0 amide bonds. The highest BCUT2D eigenvalue weighted by Gasteiger charge is 2.22. The van der Waals surface area contributed by atoms with Gasteiger partial charge in [-0.05, 0) is 26.2 Å². The molecule has 1 aliphatic heterocycles. The van der Waals surface area contributed by atoms with Crippen molar-refractivity contribution in [3.05, 3.63) is 0 Å². The summed E-state index contributed by atoms with van der Waals surface area (Å²) in [6, 6.07) is 0. The van der Waals surface area contributed by atoms with Crippen molar-refractivity contribution in [1.82, 2.24) is 10.3 Å². The summed E-state index contributed by atoms with van der Waals surface area (Å²) in [6.45, 7) is 7.72. The average Bonchev–Trinajstić information content (AvgIpc) is 2.35. The van der Waals surface area contributed by atoms with Crippen molar-refractivity contribution in [3.8, 4) is 0 Å². The van der Waals surface area contributed by atoms with Crippen molar-refractivity contribution in [2.75, 3.05) is 26.2 Å². The minimum atomic E-state index is 0.318. The highest BCUT2D eigenvalue weighted by molar-refractivity contribution is 5.79. The summed E-state index contributed by atoms with van der Waals surface area (Å²) in [5, 5.41) is 0. The standard InChI is InChI=1S/C12H26N4O/c1-3-5-8-14-12(15-13)16-9-6-7-11(10-16)17-4-2/h11H,3-10,13H2,1-2H3,(H,14,15). The summed E-state index contributed by atoms with van der Waals surface area (Å²) in [6.07, 6.45) is 4.85. The van der Waals surface area contributed by atoms with Crippen molar-refractivity contribution < 1.29 is 4.74 Å². The Morgan fingerprint density at radius 2 is 2.35 bits per heavy atom. The van der Waals surface area contributed by atoms with Crippen LogP contribution in [0.2, 0.25) is 0 Å². The number of guanidine groups is 1. The number of hydrogen-bond acceptors (Lipinski definition) is 3. The van der Waals surface area contributed by atoms with E-state index in [2.05, 4.69) is 22.2 Å². The van der Waals surface area contributed by atoms with Crippen LogP contribution in [-0.2, 0) is 4.74 Å². The molecule has 1 atom stereocenters. The van der Waals surface area contributed by atoms with Crippen molar-refractivity contribution >= 4 is 5.96 Å². The molecule has 0 aromatic heterocycles. The predicted molar refractivity (Wildman–Crippen MR) is 70.8 cm³/mol. The zero-order valence-electron chi connectivity index (χ0n) is 11.1. The molecule has 0 aliphatic carbocycles. The van der Waals surface area contributed by atoms with Gasteiger partial charge in [-0.1, -0.05) is 13.3 Å². The molecule has 1 saturated heterocycles. The normalized spacial score (nSPS) is 21.7. The van der Waals surface area contributed by atoms with E-state index in [9.17, 15) is 0 Å². The number of nitrogens with one attached hydrogen (secondary N) is 1. The molecule has 17 heavy (non-hydrogen) atoms. The van der Waals surface area contributed by atoms with Crippen LogP contribution < -0.4 is 11.3 Å². The third-order valence-electron chi connectivity index (χ3n) is 2.98. The number of rotatable bonds is 5. The second-order valence-electron chi connectivity index (χ2n) is 4.37. The molecule has 0 radical (unpaired) electrons. The highest BCUT2D eigenvalue weighted by atomic mass is 16.5.